The van der Waals surface area contributed by atoms with Gasteiger partial charge in [0.1, 0.15) is 0 Å². The van der Waals surface area contributed by atoms with Crippen molar-refractivity contribution in [3.8, 4) is 11.5 Å². The lowest BCUT2D eigenvalue weighted by Gasteiger charge is -2.32. The van der Waals surface area contributed by atoms with Gasteiger partial charge in [0.2, 0.25) is 0 Å². The van der Waals surface area contributed by atoms with Gasteiger partial charge >= 0.3 is 5.97 Å². The number of methoxy groups -OCH3 is 2. The van der Waals surface area contributed by atoms with E-state index in [9.17, 15) is 4.79 Å². The third-order valence-corrected chi connectivity index (χ3v) is 4.20. The summed E-state index contributed by atoms with van der Waals surface area (Å²) in [6.07, 6.45) is 2.07. The van der Waals surface area contributed by atoms with E-state index < -0.39 is 5.97 Å². The maximum absolute atomic E-state index is 11.1. The maximum atomic E-state index is 11.1. The van der Waals surface area contributed by atoms with E-state index in [2.05, 4.69) is 13.0 Å². The van der Waals surface area contributed by atoms with Crippen molar-refractivity contribution in [2.45, 2.75) is 44.9 Å². The first-order chi connectivity index (χ1) is 9.49. The molecule has 110 valence electrons. The second kappa shape index (κ2) is 5.73. The second-order valence-corrected chi connectivity index (χ2v) is 5.54. The molecule has 4 heteroatoms. The topological polar surface area (TPSA) is 55.8 Å². The van der Waals surface area contributed by atoms with Crippen LogP contribution in [0.5, 0.6) is 11.5 Å². The standard InChI is InChI=1S/C16H22O4/c1-9-5-6-11(8-13(17)18)12-7-10(2)15(19-3)16(20-4)14(9)12/h7,9,11H,5-6,8H2,1-4H3,(H,17,18)/t9-,11-/m1/s1. The van der Waals surface area contributed by atoms with Crippen LogP contribution in [0.2, 0.25) is 0 Å². The Balaban J connectivity index is 2.60. The fourth-order valence-corrected chi connectivity index (χ4v) is 3.29. The minimum atomic E-state index is -0.747. The number of carboxylic acids is 1. The molecule has 2 rings (SSSR count). The predicted molar refractivity (Wildman–Crippen MR) is 76.9 cm³/mol. The zero-order valence-electron chi connectivity index (χ0n) is 12.5. The molecule has 0 aromatic heterocycles. The van der Waals surface area contributed by atoms with Crippen LogP contribution in [0.4, 0.5) is 0 Å². The molecular formula is C16H22O4. The molecule has 1 aliphatic rings. The molecular weight excluding hydrogens is 256 g/mol. The highest BCUT2D eigenvalue weighted by atomic mass is 16.5. The van der Waals surface area contributed by atoms with E-state index in [1.54, 1.807) is 14.2 Å². The van der Waals surface area contributed by atoms with Gasteiger partial charge in [-0.05, 0) is 42.7 Å². The average Bonchev–Trinajstić information content (AvgIpc) is 2.40. The molecule has 1 aliphatic carbocycles. The van der Waals surface area contributed by atoms with Crippen molar-refractivity contribution >= 4 is 5.97 Å². The van der Waals surface area contributed by atoms with Gasteiger partial charge in [0, 0.05) is 5.56 Å². The van der Waals surface area contributed by atoms with Crippen molar-refractivity contribution in [2.24, 2.45) is 0 Å². The normalized spacial score (nSPS) is 21.2. The third-order valence-electron chi connectivity index (χ3n) is 4.20. The molecule has 0 bridgehead atoms. The van der Waals surface area contributed by atoms with Crippen LogP contribution in [0.25, 0.3) is 0 Å². The molecule has 0 radical (unpaired) electrons. The molecule has 0 spiro atoms. The first kappa shape index (κ1) is 14.7. The highest BCUT2D eigenvalue weighted by Gasteiger charge is 2.31. The summed E-state index contributed by atoms with van der Waals surface area (Å²) < 4.78 is 11.0. The molecule has 0 fully saturated rings. The molecule has 0 aliphatic heterocycles. The summed E-state index contributed by atoms with van der Waals surface area (Å²) in [5.74, 6) is 1.21. The lowest BCUT2D eigenvalue weighted by molar-refractivity contribution is -0.137. The Morgan fingerprint density at radius 3 is 2.50 bits per heavy atom. The number of aliphatic carboxylic acids is 1. The highest BCUT2D eigenvalue weighted by Crippen LogP contribution is 2.49. The number of benzene rings is 1. The van der Waals surface area contributed by atoms with E-state index in [-0.39, 0.29) is 12.3 Å². The van der Waals surface area contributed by atoms with Gasteiger partial charge < -0.3 is 14.6 Å². The summed E-state index contributed by atoms with van der Waals surface area (Å²) in [5.41, 5.74) is 3.22. The largest absolute Gasteiger partial charge is 0.493 e. The van der Waals surface area contributed by atoms with Crippen LogP contribution >= 0.6 is 0 Å². The maximum Gasteiger partial charge on any atom is 0.303 e. The quantitative estimate of drug-likeness (QED) is 0.916. The number of ether oxygens (including phenoxy) is 2. The minimum absolute atomic E-state index is 0.0669. The zero-order chi connectivity index (χ0) is 14.9. The van der Waals surface area contributed by atoms with Gasteiger partial charge in [-0.25, -0.2) is 0 Å². The second-order valence-electron chi connectivity index (χ2n) is 5.54. The number of hydrogen-bond donors (Lipinski definition) is 1. The van der Waals surface area contributed by atoms with E-state index in [1.165, 1.54) is 0 Å². The van der Waals surface area contributed by atoms with Crippen LogP contribution in [0, 0.1) is 6.92 Å². The molecule has 0 saturated carbocycles. The molecule has 0 heterocycles. The first-order valence-corrected chi connectivity index (χ1v) is 6.96. The Morgan fingerprint density at radius 1 is 1.30 bits per heavy atom. The van der Waals surface area contributed by atoms with Crippen molar-refractivity contribution in [2.75, 3.05) is 14.2 Å². The molecule has 0 amide bonds. The molecule has 4 nitrogen and oxygen atoms in total. The summed E-state index contributed by atoms with van der Waals surface area (Å²) in [6, 6.07) is 2.07. The Morgan fingerprint density at radius 2 is 1.95 bits per heavy atom. The summed E-state index contributed by atoms with van der Waals surface area (Å²) in [6.45, 7) is 4.13. The number of hydrogen-bond acceptors (Lipinski definition) is 3. The molecule has 0 saturated heterocycles. The fraction of sp³-hybridized carbons (Fsp3) is 0.562. The minimum Gasteiger partial charge on any atom is -0.493 e. The van der Waals surface area contributed by atoms with Gasteiger partial charge in [-0.15, -0.1) is 0 Å². The molecule has 2 atom stereocenters. The van der Waals surface area contributed by atoms with Gasteiger partial charge in [-0.3, -0.25) is 4.79 Å². The van der Waals surface area contributed by atoms with Gasteiger partial charge in [-0.2, -0.15) is 0 Å². The summed E-state index contributed by atoms with van der Waals surface area (Å²) in [7, 11) is 3.28. The third kappa shape index (κ3) is 2.47. The van der Waals surface area contributed by atoms with E-state index in [1.807, 2.05) is 6.92 Å². The Kier molecular flexibility index (Phi) is 4.21. The Hall–Kier alpha value is -1.71. The van der Waals surface area contributed by atoms with E-state index in [0.717, 1.165) is 41.0 Å². The molecule has 20 heavy (non-hydrogen) atoms. The van der Waals surface area contributed by atoms with Gasteiger partial charge in [-0.1, -0.05) is 13.0 Å². The number of carboxylic acid groups (broad SMARTS) is 1. The average molecular weight is 278 g/mol. The van der Waals surface area contributed by atoms with Crippen LogP contribution in [-0.4, -0.2) is 25.3 Å². The van der Waals surface area contributed by atoms with Crippen LogP contribution in [0.3, 0.4) is 0 Å². The number of rotatable bonds is 4. The summed E-state index contributed by atoms with van der Waals surface area (Å²) >= 11 is 0. The fourth-order valence-electron chi connectivity index (χ4n) is 3.29. The highest BCUT2D eigenvalue weighted by molar-refractivity contribution is 5.69. The van der Waals surface area contributed by atoms with Crippen LogP contribution < -0.4 is 9.47 Å². The lowest BCUT2D eigenvalue weighted by atomic mass is 9.75. The molecule has 1 aromatic carbocycles. The number of aryl methyl sites for hydroxylation is 1. The van der Waals surface area contributed by atoms with Crippen LogP contribution in [0.15, 0.2) is 6.07 Å². The monoisotopic (exact) mass is 278 g/mol. The van der Waals surface area contributed by atoms with E-state index in [0.29, 0.717) is 5.92 Å². The Labute approximate surface area is 119 Å². The summed E-state index contributed by atoms with van der Waals surface area (Å²) in [4.78, 5) is 11.1. The van der Waals surface area contributed by atoms with Crippen LogP contribution in [0.1, 0.15) is 54.7 Å². The number of fused-ring (bicyclic) bond motifs is 1. The van der Waals surface area contributed by atoms with Crippen molar-refractivity contribution in [3.05, 3.63) is 22.8 Å². The van der Waals surface area contributed by atoms with Gasteiger partial charge in [0.05, 0.1) is 20.6 Å². The van der Waals surface area contributed by atoms with Gasteiger partial charge in [0.25, 0.3) is 0 Å². The van der Waals surface area contributed by atoms with Crippen molar-refractivity contribution in [3.63, 3.8) is 0 Å². The van der Waals surface area contributed by atoms with Gasteiger partial charge in [0.15, 0.2) is 11.5 Å². The van der Waals surface area contributed by atoms with Crippen molar-refractivity contribution in [1.82, 2.24) is 0 Å². The smallest absolute Gasteiger partial charge is 0.303 e. The molecule has 0 unspecified atom stereocenters. The first-order valence-electron chi connectivity index (χ1n) is 6.96. The molecule has 1 aromatic rings. The number of carbonyl (C=O) groups is 1. The predicted octanol–water partition coefficient (Wildman–Crippen LogP) is 3.47. The SMILES string of the molecule is COc1c(C)cc2c(c1OC)[C@H](C)CC[C@@H]2CC(=O)O. The zero-order valence-corrected chi connectivity index (χ0v) is 12.5. The lowest BCUT2D eigenvalue weighted by Crippen LogP contribution is -2.17. The van der Waals surface area contributed by atoms with E-state index >= 15 is 0 Å². The Bertz CT molecular complexity index is 522. The van der Waals surface area contributed by atoms with Crippen molar-refractivity contribution in [1.29, 1.82) is 0 Å². The summed E-state index contributed by atoms with van der Waals surface area (Å²) in [5, 5.41) is 9.10. The van der Waals surface area contributed by atoms with Crippen molar-refractivity contribution < 1.29 is 19.4 Å². The van der Waals surface area contributed by atoms with Crippen LogP contribution in [-0.2, 0) is 4.79 Å². The van der Waals surface area contributed by atoms with E-state index in [4.69, 9.17) is 14.6 Å². The molecule has 1 N–H and O–H groups in total.